The molecule has 4 unspecified atom stereocenters. The largest absolute Gasteiger partial charge is 0.441 e. The molecule has 0 radical (unpaired) electrons. The van der Waals surface area contributed by atoms with Crippen LogP contribution in [0.25, 0.3) is 0 Å². The second-order valence-corrected chi connectivity index (χ2v) is 6.38. The van der Waals surface area contributed by atoms with Crippen molar-refractivity contribution in [1.82, 2.24) is 10.6 Å². The van der Waals surface area contributed by atoms with Crippen molar-refractivity contribution in [1.29, 1.82) is 5.26 Å². The van der Waals surface area contributed by atoms with Gasteiger partial charge in [-0.3, -0.25) is 0 Å². The molecule has 3 rings (SSSR count). The Bertz CT molecular complexity index is 723. The Kier molecular flexibility index (Phi) is 5.88. The number of nitrogens with one attached hydrogen (secondary N) is 3. The van der Waals surface area contributed by atoms with E-state index in [-0.39, 0.29) is 24.9 Å². The molecule has 0 saturated carbocycles. The van der Waals surface area contributed by atoms with Crippen LogP contribution in [0, 0.1) is 11.3 Å². The molecule has 0 spiro atoms. The van der Waals surface area contributed by atoms with Crippen LogP contribution < -0.4 is 16.0 Å². The van der Waals surface area contributed by atoms with E-state index in [0.717, 1.165) is 5.69 Å². The van der Waals surface area contributed by atoms with Crippen LogP contribution in [-0.4, -0.2) is 55.3 Å². The van der Waals surface area contributed by atoms with Gasteiger partial charge in [-0.1, -0.05) is 6.07 Å². The summed E-state index contributed by atoms with van der Waals surface area (Å²) in [5.74, 6) is 0. The van der Waals surface area contributed by atoms with Crippen molar-refractivity contribution in [3.05, 3.63) is 29.8 Å². The number of amides is 1. The van der Waals surface area contributed by atoms with E-state index in [2.05, 4.69) is 22.0 Å². The van der Waals surface area contributed by atoms with Crippen molar-refractivity contribution in [3.63, 3.8) is 0 Å². The van der Waals surface area contributed by atoms with E-state index in [1.807, 2.05) is 13.0 Å². The molecular weight excluding hydrogens is 356 g/mol. The molecule has 0 aliphatic carbocycles. The Morgan fingerprint density at radius 2 is 2.19 bits per heavy atom. The van der Waals surface area contributed by atoms with Gasteiger partial charge < -0.3 is 30.2 Å². The fourth-order valence-electron chi connectivity index (χ4n) is 3.01. The van der Waals surface area contributed by atoms with Gasteiger partial charge in [0, 0.05) is 12.2 Å². The first-order valence-electron chi connectivity index (χ1n) is 8.36. The number of ether oxygens (including phenoxy) is 3. The molecule has 1 aromatic rings. The number of fused-ring (bicyclic) bond motifs is 1. The second kappa shape index (κ2) is 8.31. The predicted octanol–water partition coefficient (Wildman–Crippen LogP) is 1.13. The predicted molar refractivity (Wildman–Crippen MR) is 97.7 cm³/mol. The molecule has 138 valence electrons. The number of benzene rings is 1. The lowest BCUT2D eigenvalue weighted by Crippen LogP contribution is -2.46. The van der Waals surface area contributed by atoms with Gasteiger partial charge in [-0.15, -0.1) is 0 Å². The zero-order chi connectivity index (χ0) is 18.5. The highest BCUT2D eigenvalue weighted by molar-refractivity contribution is 7.80. The molecule has 8 nitrogen and oxygen atoms in total. The number of alkyl carbamates (subject to hydrolysis) is 1. The van der Waals surface area contributed by atoms with Crippen LogP contribution >= 0.6 is 12.2 Å². The van der Waals surface area contributed by atoms with Gasteiger partial charge >= 0.3 is 6.09 Å². The lowest BCUT2D eigenvalue weighted by Gasteiger charge is -2.20. The highest BCUT2D eigenvalue weighted by Crippen LogP contribution is 2.29. The lowest BCUT2D eigenvalue weighted by atomic mass is 10.1. The first-order valence-corrected chi connectivity index (χ1v) is 8.77. The first-order chi connectivity index (χ1) is 12.6. The average Bonchev–Trinajstić information content (AvgIpc) is 3.19. The van der Waals surface area contributed by atoms with Gasteiger partial charge in [-0.05, 0) is 37.3 Å². The minimum atomic E-state index is -0.476. The number of rotatable bonds is 4. The maximum absolute atomic E-state index is 11.6. The molecule has 26 heavy (non-hydrogen) atoms. The first kappa shape index (κ1) is 18.4. The highest BCUT2D eigenvalue weighted by Gasteiger charge is 2.49. The number of nitriles is 1. The van der Waals surface area contributed by atoms with Crippen molar-refractivity contribution in [2.75, 3.05) is 25.1 Å². The summed E-state index contributed by atoms with van der Waals surface area (Å²) < 4.78 is 16.8. The van der Waals surface area contributed by atoms with Crippen LogP contribution in [-0.2, 0) is 14.2 Å². The Hall–Kier alpha value is -2.41. The van der Waals surface area contributed by atoms with Crippen molar-refractivity contribution in [2.24, 2.45) is 0 Å². The summed E-state index contributed by atoms with van der Waals surface area (Å²) in [5.41, 5.74) is 1.27. The average molecular weight is 376 g/mol. The van der Waals surface area contributed by atoms with Gasteiger partial charge in [0.25, 0.3) is 0 Å². The molecule has 2 fully saturated rings. The zero-order valence-corrected chi connectivity index (χ0v) is 15.0. The van der Waals surface area contributed by atoms with Gasteiger partial charge in [0.15, 0.2) is 11.2 Å². The van der Waals surface area contributed by atoms with Crippen LogP contribution in [0.4, 0.5) is 10.5 Å². The molecule has 2 heterocycles. The highest BCUT2D eigenvalue weighted by atomic mass is 32.1. The number of carbonyl (C=O) groups is 1. The number of nitrogens with zero attached hydrogens (tertiary/aromatic N) is 1. The monoisotopic (exact) mass is 376 g/mol. The standard InChI is InChI=1S/C17H20N4O4S/c1-2-19-17(22)25-13-9-24-14-12(8-23-15(13)14)21-16(26)20-11-5-3-4-10(6-11)7-18/h3-6,12-15H,2,8-9H2,1H3,(H,19,22)(H2,20,21,26). The van der Waals surface area contributed by atoms with Gasteiger partial charge in [-0.25, -0.2) is 4.79 Å². The molecule has 1 aromatic carbocycles. The third kappa shape index (κ3) is 4.22. The number of carbonyl (C=O) groups excluding carboxylic acids is 1. The minimum absolute atomic E-state index is 0.151. The normalized spacial score (nSPS) is 26.5. The van der Waals surface area contributed by atoms with Crippen molar-refractivity contribution >= 4 is 29.1 Å². The molecule has 0 aromatic heterocycles. The molecule has 2 saturated heterocycles. The van der Waals surface area contributed by atoms with E-state index in [0.29, 0.717) is 23.8 Å². The molecule has 3 N–H and O–H groups in total. The number of hydrogen-bond donors (Lipinski definition) is 3. The summed E-state index contributed by atoms with van der Waals surface area (Å²) in [6, 6.07) is 8.97. The SMILES string of the molecule is CCNC(=O)OC1COC2C(NC(=S)Nc3cccc(C#N)c3)COC12. The van der Waals surface area contributed by atoms with Gasteiger partial charge in [0.2, 0.25) is 0 Å². The van der Waals surface area contributed by atoms with E-state index >= 15 is 0 Å². The smallest absolute Gasteiger partial charge is 0.407 e. The lowest BCUT2D eigenvalue weighted by molar-refractivity contribution is 0.00425. The Balaban J connectivity index is 1.53. The fraction of sp³-hybridized carbons (Fsp3) is 0.471. The Labute approximate surface area is 156 Å². The maximum Gasteiger partial charge on any atom is 0.407 e. The van der Waals surface area contributed by atoms with E-state index in [9.17, 15) is 4.79 Å². The van der Waals surface area contributed by atoms with Crippen molar-refractivity contribution in [2.45, 2.75) is 31.3 Å². The van der Waals surface area contributed by atoms with Crippen molar-refractivity contribution in [3.8, 4) is 6.07 Å². The zero-order valence-electron chi connectivity index (χ0n) is 14.2. The third-order valence-electron chi connectivity index (χ3n) is 4.15. The van der Waals surface area contributed by atoms with E-state index in [1.54, 1.807) is 18.2 Å². The van der Waals surface area contributed by atoms with E-state index in [4.69, 9.17) is 31.7 Å². The summed E-state index contributed by atoms with van der Waals surface area (Å²) in [6.07, 6.45) is -1.48. The third-order valence-corrected chi connectivity index (χ3v) is 4.37. The minimum Gasteiger partial charge on any atom is -0.441 e. The van der Waals surface area contributed by atoms with Crippen LogP contribution in [0.5, 0.6) is 0 Å². The molecule has 9 heteroatoms. The van der Waals surface area contributed by atoms with Gasteiger partial charge in [0.1, 0.15) is 12.2 Å². The summed E-state index contributed by atoms with van der Waals surface area (Å²) in [5, 5.41) is 18.2. The molecule has 2 aliphatic rings. The number of thiocarbonyl (C=S) groups is 1. The number of anilines is 1. The number of hydrogen-bond acceptors (Lipinski definition) is 6. The summed E-state index contributed by atoms with van der Waals surface area (Å²) >= 11 is 5.33. The van der Waals surface area contributed by atoms with Crippen molar-refractivity contribution < 1.29 is 19.0 Å². The van der Waals surface area contributed by atoms with Crippen LogP contribution in [0.3, 0.4) is 0 Å². The van der Waals surface area contributed by atoms with Crippen LogP contribution in [0.2, 0.25) is 0 Å². The Morgan fingerprint density at radius 3 is 2.96 bits per heavy atom. The molecule has 0 bridgehead atoms. The van der Waals surface area contributed by atoms with Gasteiger partial charge in [-0.2, -0.15) is 5.26 Å². The Morgan fingerprint density at radius 1 is 1.38 bits per heavy atom. The second-order valence-electron chi connectivity index (χ2n) is 5.97. The van der Waals surface area contributed by atoms with Gasteiger partial charge in [0.05, 0.1) is 30.9 Å². The van der Waals surface area contributed by atoms with Crippen LogP contribution in [0.15, 0.2) is 24.3 Å². The summed E-state index contributed by atoms with van der Waals surface area (Å²) in [4.78, 5) is 11.6. The molecule has 4 atom stereocenters. The molecular formula is C17H20N4O4S. The van der Waals surface area contributed by atoms with E-state index in [1.165, 1.54) is 0 Å². The quantitative estimate of drug-likeness (QED) is 0.672. The topological polar surface area (TPSA) is 105 Å². The molecule has 1 amide bonds. The maximum atomic E-state index is 11.6. The van der Waals surface area contributed by atoms with E-state index < -0.39 is 12.2 Å². The summed E-state index contributed by atoms with van der Waals surface area (Å²) in [6.45, 7) is 3.00. The fourth-order valence-corrected chi connectivity index (χ4v) is 3.28. The molecule has 2 aliphatic heterocycles. The summed E-state index contributed by atoms with van der Waals surface area (Å²) in [7, 11) is 0. The van der Waals surface area contributed by atoms with Crippen LogP contribution in [0.1, 0.15) is 12.5 Å².